The molecular formula is C19H25N5O2. The highest BCUT2D eigenvalue weighted by atomic mass is 16.1. The van der Waals surface area contributed by atoms with Gasteiger partial charge in [-0.1, -0.05) is 0 Å². The third-order valence-corrected chi connectivity index (χ3v) is 5.11. The summed E-state index contributed by atoms with van der Waals surface area (Å²) in [6.07, 6.45) is 3.48. The quantitative estimate of drug-likeness (QED) is 0.827. The number of hydrogen-bond donors (Lipinski definition) is 1. The standard InChI is InChI=1S/C19H25N5O2/c1-12-16(15(4)25)13(2)22-17(12)18(26)14(3)23-8-10-24(11-9-23)19-20-6-5-7-21-19/h5-7,14,22H,8-11H2,1-4H3. The molecule has 2 aromatic heterocycles. The first kappa shape index (κ1) is 18.3. The van der Waals surface area contributed by atoms with Crippen molar-refractivity contribution in [1.29, 1.82) is 0 Å². The molecule has 1 atom stereocenters. The first-order valence-electron chi connectivity index (χ1n) is 8.90. The summed E-state index contributed by atoms with van der Waals surface area (Å²) in [6.45, 7) is 10.2. The predicted molar refractivity (Wildman–Crippen MR) is 99.9 cm³/mol. The number of H-pyrrole nitrogens is 1. The zero-order chi connectivity index (χ0) is 18.8. The van der Waals surface area contributed by atoms with E-state index in [0.717, 1.165) is 43.4 Å². The zero-order valence-corrected chi connectivity index (χ0v) is 15.7. The van der Waals surface area contributed by atoms with Crippen LogP contribution in [-0.2, 0) is 0 Å². The van der Waals surface area contributed by atoms with Crippen molar-refractivity contribution in [1.82, 2.24) is 19.9 Å². The van der Waals surface area contributed by atoms with Crippen LogP contribution < -0.4 is 4.90 Å². The Morgan fingerprint density at radius 1 is 1.12 bits per heavy atom. The van der Waals surface area contributed by atoms with Crippen molar-refractivity contribution in [2.75, 3.05) is 31.1 Å². The van der Waals surface area contributed by atoms with E-state index in [2.05, 4.69) is 24.8 Å². The lowest BCUT2D eigenvalue weighted by Crippen LogP contribution is -2.52. The third kappa shape index (κ3) is 3.39. The van der Waals surface area contributed by atoms with E-state index in [1.807, 2.05) is 20.8 Å². The topological polar surface area (TPSA) is 82.2 Å². The van der Waals surface area contributed by atoms with Crippen LogP contribution in [0, 0.1) is 13.8 Å². The first-order valence-corrected chi connectivity index (χ1v) is 8.90. The second-order valence-electron chi connectivity index (χ2n) is 6.79. The molecule has 138 valence electrons. The molecule has 1 fully saturated rings. The lowest BCUT2D eigenvalue weighted by molar-refractivity contribution is 0.0824. The van der Waals surface area contributed by atoms with Gasteiger partial charge in [0, 0.05) is 49.8 Å². The van der Waals surface area contributed by atoms with Crippen molar-refractivity contribution in [3.8, 4) is 0 Å². The first-order chi connectivity index (χ1) is 12.4. The van der Waals surface area contributed by atoms with E-state index in [1.165, 1.54) is 6.92 Å². The average molecular weight is 355 g/mol. The highest BCUT2D eigenvalue weighted by Gasteiger charge is 2.30. The van der Waals surface area contributed by atoms with Gasteiger partial charge in [0.15, 0.2) is 11.6 Å². The number of nitrogens with zero attached hydrogens (tertiary/aromatic N) is 4. The SMILES string of the molecule is CC(=O)c1c(C)[nH]c(C(=O)C(C)N2CCN(c3ncccn3)CC2)c1C. The molecule has 0 aromatic carbocycles. The molecule has 7 nitrogen and oxygen atoms in total. The van der Waals surface area contributed by atoms with E-state index < -0.39 is 0 Å². The van der Waals surface area contributed by atoms with Crippen molar-refractivity contribution in [3.05, 3.63) is 41.0 Å². The molecule has 1 unspecified atom stereocenters. The summed E-state index contributed by atoms with van der Waals surface area (Å²) in [6, 6.07) is 1.56. The van der Waals surface area contributed by atoms with Crippen molar-refractivity contribution in [2.24, 2.45) is 0 Å². The van der Waals surface area contributed by atoms with E-state index in [9.17, 15) is 9.59 Å². The van der Waals surface area contributed by atoms with E-state index in [0.29, 0.717) is 11.3 Å². The number of ketones is 2. The Morgan fingerprint density at radius 2 is 1.73 bits per heavy atom. The van der Waals surface area contributed by atoms with Gasteiger partial charge in [0.05, 0.1) is 11.7 Å². The van der Waals surface area contributed by atoms with Crippen LogP contribution >= 0.6 is 0 Å². The van der Waals surface area contributed by atoms with Crippen LogP contribution in [0.1, 0.15) is 46.0 Å². The largest absolute Gasteiger partial charge is 0.355 e. The number of piperazine rings is 1. The molecule has 1 aliphatic rings. The molecule has 0 saturated carbocycles. The van der Waals surface area contributed by atoms with Gasteiger partial charge < -0.3 is 9.88 Å². The minimum atomic E-state index is -0.245. The zero-order valence-electron chi connectivity index (χ0n) is 15.7. The molecule has 1 saturated heterocycles. The maximum absolute atomic E-state index is 13.0. The van der Waals surface area contributed by atoms with Crippen LogP contribution in [0.25, 0.3) is 0 Å². The number of aromatic nitrogens is 3. The summed E-state index contributed by atoms with van der Waals surface area (Å²) in [7, 11) is 0. The molecule has 7 heteroatoms. The molecule has 0 bridgehead atoms. The van der Waals surface area contributed by atoms with Gasteiger partial charge in [-0.2, -0.15) is 0 Å². The number of carbonyl (C=O) groups excluding carboxylic acids is 2. The maximum Gasteiger partial charge on any atom is 0.225 e. The Labute approximate surface area is 153 Å². The number of aromatic amines is 1. The number of aryl methyl sites for hydroxylation is 1. The monoisotopic (exact) mass is 355 g/mol. The smallest absolute Gasteiger partial charge is 0.225 e. The molecule has 0 amide bonds. The van der Waals surface area contributed by atoms with Crippen molar-refractivity contribution >= 4 is 17.5 Å². The minimum absolute atomic E-state index is 0.0144. The summed E-state index contributed by atoms with van der Waals surface area (Å²) < 4.78 is 0. The molecule has 0 radical (unpaired) electrons. The van der Waals surface area contributed by atoms with E-state index >= 15 is 0 Å². The lowest BCUT2D eigenvalue weighted by Gasteiger charge is -2.37. The number of hydrogen-bond acceptors (Lipinski definition) is 6. The molecular weight excluding hydrogens is 330 g/mol. The van der Waals surface area contributed by atoms with Gasteiger partial charge >= 0.3 is 0 Å². The fourth-order valence-electron chi connectivity index (χ4n) is 3.66. The summed E-state index contributed by atoms with van der Waals surface area (Å²) >= 11 is 0. The Bertz CT molecular complexity index is 807. The molecule has 2 aromatic rings. The summed E-state index contributed by atoms with van der Waals surface area (Å²) in [4.78, 5) is 40.8. The fourth-order valence-corrected chi connectivity index (χ4v) is 3.66. The second kappa shape index (κ2) is 7.37. The van der Waals surface area contributed by atoms with Crippen LogP contribution in [0.15, 0.2) is 18.5 Å². The molecule has 1 aliphatic heterocycles. The third-order valence-electron chi connectivity index (χ3n) is 5.11. The van der Waals surface area contributed by atoms with Gasteiger partial charge in [-0.15, -0.1) is 0 Å². The molecule has 3 rings (SSSR count). The second-order valence-corrected chi connectivity index (χ2v) is 6.79. The highest BCUT2D eigenvalue weighted by molar-refractivity contribution is 6.05. The average Bonchev–Trinajstić information content (AvgIpc) is 2.95. The van der Waals surface area contributed by atoms with Gasteiger partial charge in [0.25, 0.3) is 0 Å². The van der Waals surface area contributed by atoms with E-state index in [-0.39, 0.29) is 17.6 Å². The highest BCUT2D eigenvalue weighted by Crippen LogP contribution is 2.21. The number of rotatable bonds is 5. The molecule has 3 heterocycles. The molecule has 1 N–H and O–H groups in total. The van der Waals surface area contributed by atoms with Crippen LogP contribution in [0.2, 0.25) is 0 Å². The predicted octanol–water partition coefficient (Wildman–Crippen LogP) is 2.02. The minimum Gasteiger partial charge on any atom is -0.355 e. The molecule has 26 heavy (non-hydrogen) atoms. The van der Waals surface area contributed by atoms with Gasteiger partial charge in [0.1, 0.15) is 0 Å². The van der Waals surface area contributed by atoms with Gasteiger partial charge in [-0.05, 0) is 39.3 Å². The van der Waals surface area contributed by atoms with Crippen LogP contribution in [-0.4, -0.2) is 63.6 Å². The van der Waals surface area contributed by atoms with Gasteiger partial charge in [0.2, 0.25) is 5.95 Å². The summed E-state index contributed by atoms with van der Waals surface area (Å²) in [5, 5.41) is 0. The number of anilines is 1. The van der Waals surface area contributed by atoms with Crippen LogP contribution in [0.4, 0.5) is 5.95 Å². The molecule has 0 spiro atoms. The number of Topliss-reactive ketones (excluding diaryl/α,β-unsaturated/α-hetero) is 2. The van der Waals surface area contributed by atoms with E-state index in [1.54, 1.807) is 18.5 Å². The van der Waals surface area contributed by atoms with Crippen LogP contribution in [0.3, 0.4) is 0 Å². The van der Waals surface area contributed by atoms with Crippen molar-refractivity contribution < 1.29 is 9.59 Å². The van der Waals surface area contributed by atoms with E-state index in [4.69, 9.17) is 0 Å². The normalized spacial score (nSPS) is 16.5. The number of carbonyl (C=O) groups is 2. The van der Waals surface area contributed by atoms with Crippen LogP contribution in [0.5, 0.6) is 0 Å². The molecule has 0 aliphatic carbocycles. The number of nitrogens with one attached hydrogen (secondary N) is 1. The summed E-state index contributed by atoms with van der Waals surface area (Å²) in [5.41, 5.74) is 2.69. The maximum atomic E-state index is 13.0. The Morgan fingerprint density at radius 3 is 2.27 bits per heavy atom. The van der Waals surface area contributed by atoms with Crippen molar-refractivity contribution in [2.45, 2.75) is 33.7 Å². The fraction of sp³-hybridized carbons (Fsp3) is 0.474. The van der Waals surface area contributed by atoms with Gasteiger partial charge in [-0.3, -0.25) is 14.5 Å². The lowest BCUT2D eigenvalue weighted by atomic mass is 10.0. The Balaban J connectivity index is 1.69. The summed E-state index contributed by atoms with van der Waals surface area (Å²) in [5.74, 6) is 0.745. The Hall–Kier alpha value is -2.54. The Kier molecular flexibility index (Phi) is 5.18. The van der Waals surface area contributed by atoms with Crippen molar-refractivity contribution in [3.63, 3.8) is 0 Å². The van der Waals surface area contributed by atoms with Gasteiger partial charge in [-0.25, -0.2) is 9.97 Å².